The van der Waals surface area contributed by atoms with Gasteiger partial charge in [0.15, 0.2) is 11.5 Å². The van der Waals surface area contributed by atoms with Crippen LogP contribution in [0.3, 0.4) is 0 Å². The van der Waals surface area contributed by atoms with Gasteiger partial charge in [0.2, 0.25) is 0 Å². The van der Waals surface area contributed by atoms with Crippen LogP contribution >= 0.6 is 0 Å². The lowest BCUT2D eigenvalue weighted by Crippen LogP contribution is -2.42. The highest BCUT2D eigenvalue weighted by molar-refractivity contribution is 7.83. The Morgan fingerprint density at radius 3 is 3.04 bits per heavy atom. The highest BCUT2D eigenvalue weighted by Gasteiger charge is 2.25. The van der Waals surface area contributed by atoms with Crippen molar-refractivity contribution in [2.75, 3.05) is 30.4 Å². The Hall–Kier alpha value is -2.56. The predicted molar refractivity (Wildman–Crippen MR) is 109 cm³/mol. The van der Waals surface area contributed by atoms with Gasteiger partial charge in [-0.3, -0.25) is 0 Å². The summed E-state index contributed by atoms with van der Waals surface area (Å²) in [6.07, 6.45) is 6.15. The summed E-state index contributed by atoms with van der Waals surface area (Å²) < 4.78 is 15.0. The Labute approximate surface area is 165 Å². The van der Waals surface area contributed by atoms with Crippen LogP contribution < -0.4 is 14.9 Å². The number of aromatic nitrogens is 4. The van der Waals surface area contributed by atoms with E-state index in [1.807, 2.05) is 18.2 Å². The molecule has 4 rings (SSSR count). The van der Waals surface area contributed by atoms with E-state index in [9.17, 15) is 9.32 Å². The Kier molecular flexibility index (Phi) is 5.51. The molecule has 3 heterocycles. The molecular weight excluding hydrogens is 378 g/mol. The van der Waals surface area contributed by atoms with Gasteiger partial charge in [-0.05, 0) is 44.5 Å². The zero-order valence-corrected chi connectivity index (χ0v) is 16.4. The quantitative estimate of drug-likeness (QED) is 0.496. The molecular formula is C18H23N7O2S. The number of anilines is 3. The zero-order valence-electron chi connectivity index (χ0n) is 15.6. The number of benzene rings is 1. The Balaban J connectivity index is 1.78. The maximum atomic E-state index is 12.3. The van der Waals surface area contributed by atoms with Crippen molar-refractivity contribution in [1.82, 2.24) is 24.7 Å². The standard InChI is InChI=1S/C18H23N7O2S/c1-19-28(27)13-5-6-15(25-7-3-2-4-12(25)9-26)14(8-13)24-18-16-17(21-10-20-16)22-11-23-18/h5-6,8,10-12,19,26H,2-4,7,9H2,1H3,(H2,20,21,22,23,24). The number of aromatic amines is 1. The summed E-state index contributed by atoms with van der Waals surface area (Å²) in [5.74, 6) is 0.591. The minimum Gasteiger partial charge on any atom is -0.394 e. The Bertz CT molecular complexity index is 993. The van der Waals surface area contributed by atoms with Gasteiger partial charge in [-0.2, -0.15) is 0 Å². The molecule has 1 saturated heterocycles. The van der Waals surface area contributed by atoms with Crippen molar-refractivity contribution < 1.29 is 9.32 Å². The predicted octanol–water partition coefficient (Wildman–Crippen LogP) is 1.69. The maximum absolute atomic E-state index is 12.3. The minimum absolute atomic E-state index is 0.0625. The Morgan fingerprint density at radius 2 is 2.21 bits per heavy atom. The fraction of sp³-hybridized carbons (Fsp3) is 0.389. The van der Waals surface area contributed by atoms with Crippen molar-refractivity contribution >= 4 is 39.3 Å². The zero-order chi connectivity index (χ0) is 19.5. The van der Waals surface area contributed by atoms with Crippen LogP contribution in [0, 0.1) is 0 Å². The van der Waals surface area contributed by atoms with E-state index in [4.69, 9.17) is 0 Å². The molecule has 0 bridgehead atoms. The van der Waals surface area contributed by atoms with E-state index >= 15 is 0 Å². The molecule has 0 spiro atoms. The van der Waals surface area contributed by atoms with Crippen LogP contribution in [-0.2, 0) is 11.0 Å². The smallest absolute Gasteiger partial charge is 0.182 e. The highest BCUT2D eigenvalue weighted by Crippen LogP contribution is 2.35. The van der Waals surface area contributed by atoms with Crippen LogP contribution in [0.25, 0.3) is 11.2 Å². The molecule has 3 aromatic rings. The number of aliphatic hydroxyl groups excluding tert-OH is 1. The molecule has 1 fully saturated rings. The molecule has 0 aliphatic carbocycles. The number of fused-ring (bicyclic) bond motifs is 1. The lowest BCUT2D eigenvalue weighted by atomic mass is 10.0. The summed E-state index contributed by atoms with van der Waals surface area (Å²) in [5.41, 5.74) is 2.99. The van der Waals surface area contributed by atoms with Gasteiger partial charge in [0.1, 0.15) is 22.8 Å². The third-order valence-electron chi connectivity index (χ3n) is 4.99. The van der Waals surface area contributed by atoms with Crippen LogP contribution in [0.5, 0.6) is 0 Å². The summed E-state index contributed by atoms with van der Waals surface area (Å²) in [4.78, 5) is 18.6. The number of nitrogens with one attached hydrogen (secondary N) is 3. The maximum Gasteiger partial charge on any atom is 0.182 e. The molecule has 1 aliphatic heterocycles. The van der Waals surface area contributed by atoms with Gasteiger partial charge in [0.05, 0.1) is 35.2 Å². The van der Waals surface area contributed by atoms with E-state index in [1.165, 1.54) is 6.33 Å². The second-order valence-corrected chi connectivity index (χ2v) is 8.04. The molecule has 4 N–H and O–H groups in total. The number of rotatable bonds is 6. The summed E-state index contributed by atoms with van der Waals surface area (Å²) >= 11 is 0. The third kappa shape index (κ3) is 3.58. The van der Waals surface area contributed by atoms with E-state index in [0.717, 1.165) is 37.2 Å². The molecule has 0 radical (unpaired) electrons. The molecule has 9 nitrogen and oxygen atoms in total. The summed E-state index contributed by atoms with van der Waals surface area (Å²) in [6.45, 7) is 0.958. The number of H-pyrrole nitrogens is 1. The average Bonchev–Trinajstić information content (AvgIpc) is 3.23. The van der Waals surface area contributed by atoms with Crippen molar-refractivity contribution in [1.29, 1.82) is 0 Å². The number of imidazole rings is 1. The van der Waals surface area contributed by atoms with Gasteiger partial charge in [0.25, 0.3) is 0 Å². The fourth-order valence-corrected chi connectivity index (χ4v) is 4.25. The first-order valence-corrected chi connectivity index (χ1v) is 10.4. The number of hydrogen-bond acceptors (Lipinski definition) is 7. The lowest BCUT2D eigenvalue weighted by Gasteiger charge is -2.37. The molecule has 1 aromatic carbocycles. The van der Waals surface area contributed by atoms with Crippen LogP contribution in [0.15, 0.2) is 35.7 Å². The second-order valence-electron chi connectivity index (χ2n) is 6.63. The van der Waals surface area contributed by atoms with E-state index in [2.05, 4.69) is 34.9 Å². The first-order valence-electron chi connectivity index (χ1n) is 9.23. The van der Waals surface area contributed by atoms with Crippen molar-refractivity contribution in [2.24, 2.45) is 0 Å². The normalized spacial score (nSPS) is 18.4. The largest absolute Gasteiger partial charge is 0.394 e. The van der Waals surface area contributed by atoms with Crippen molar-refractivity contribution in [3.63, 3.8) is 0 Å². The van der Waals surface area contributed by atoms with Crippen LogP contribution in [-0.4, -0.2) is 55.5 Å². The lowest BCUT2D eigenvalue weighted by molar-refractivity contribution is 0.240. The van der Waals surface area contributed by atoms with Gasteiger partial charge < -0.3 is 20.3 Å². The molecule has 0 saturated carbocycles. The molecule has 148 valence electrons. The van der Waals surface area contributed by atoms with E-state index < -0.39 is 11.0 Å². The summed E-state index contributed by atoms with van der Waals surface area (Å²) in [5, 5.41) is 13.2. The van der Waals surface area contributed by atoms with Crippen LogP contribution in [0.1, 0.15) is 19.3 Å². The highest BCUT2D eigenvalue weighted by atomic mass is 32.2. The number of aliphatic hydroxyl groups is 1. The third-order valence-corrected chi connectivity index (χ3v) is 6.04. The van der Waals surface area contributed by atoms with Crippen molar-refractivity contribution in [2.45, 2.75) is 30.2 Å². The molecule has 2 aromatic heterocycles. The van der Waals surface area contributed by atoms with Crippen LogP contribution in [0.2, 0.25) is 0 Å². The number of piperidine rings is 1. The average molecular weight is 401 g/mol. The molecule has 2 unspecified atom stereocenters. The second kappa shape index (κ2) is 8.21. The van der Waals surface area contributed by atoms with E-state index in [-0.39, 0.29) is 12.6 Å². The molecule has 28 heavy (non-hydrogen) atoms. The molecule has 1 aliphatic rings. The van der Waals surface area contributed by atoms with E-state index in [1.54, 1.807) is 13.4 Å². The van der Waals surface area contributed by atoms with Crippen molar-refractivity contribution in [3.8, 4) is 0 Å². The first kappa shape index (κ1) is 18.8. The fourth-order valence-electron chi connectivity index (χ4n) is 3.59. The summed E-state index contributed by atoms with van der Waals surface area (Å²) in [7, 11) is 0.342. The summed E-state index contributed by atoms with van der Waals surface area (Å²) in [6, 6.07) is 5.72. The van der Waals surface area contributed by atoms with Gasteiger partial charge >= 0.3 is 0 Å². The van der Waals surface area contributed by atoms with Gasteiger partial charge in [-0.1, -0.05) is 0 Å². The van der Waals surface area contributed by atoms with Gasteiger partial charge in [-0.15, -0.1) is 0 Å². The number of hydrogen-bond donors (Lipinski definition) is 4. The first-order chi connectivity index (χ1) is 13.7. The van der Waals surface area contributed by atoms with Gasteiger partial charge in [0, 0.05) is 6.54 Å². The SMILES string of the molecule is CNS(=O)c1ccc(N2CCCCC2CO)c(Nc2ncnc3nc[nH]c23)c1. The Morgan fingerprint density at radius 1 is 1.32 bits per heavy atom. The van der Waals surface area contributed by atoms with Crippen molar-refractivity contribution in [3.05, 3.63) is 30.9 Å². The number of nitrogens with zero attached hydrogens (tertiary/aromatic N) is 4. The molecule has 10 heteroatoms. The minimum atomic E-state index is -1.31. The molecule has 2 atom stereocenters. The molecule has 0 amide bonds. The van der Waals surface area contributed by atoms with Gasteiger partial charge in [-0.25, -0.2) is 23.9 Å². The van der Waals surface area contributed by atoms with Crippen LogP contribution in [0.4, 0.5) is 17.2 Å². The van der Waals surface area contributed by atoms with E-state index in [0.29, 0.717) is 21.9 Å². The topological polar surface area (TPSA) is 119 Å². The monoisotopic (exact) mass is 401 g/mol.